The number of hydrogen-bond acceptors (Lipinski definition) is 2. The Morgan fingerprint density at radius 3 is 2.48 bits per heavy atom. The van der Waals surface area contributed by atoms with Crippen molar-refractivity contribution in [3.63, 3.8) is 0 Å². The van der Waals surface area contributed by atoms with Crippen molar-refractivity contribution in [2.75, 3.05) is 0 Å². The second-order valence-corrected chi connectivity index (χ2v) is 6.60. The summed E-state index contributed by atoms with van der Waals surface area (Å²) in [5.74, 6) is 0.553. The van der Waals surface area contributed by atoms with Crippen LogP contribution in [0.5, 0.6) is 0 Å². The van der Waals surface area contributed by atoms with Crippen molar-refractivity contribution in [3.05, 3.63) is 89.7 Å². The monoisotopic (exact) mass is 331 g/mol. The summed E-state index contributed by atoms with van der Waals surface area (Å²) >= 11 is 0. The molecule has 1 fully saturated rings. The van der Waals surface area contributed by atoms with Gasteiger partial charge >= 0.3 is 0 Å². The van der Waals surface area contributed by atoms with E-state index in [2.05, 4.69) is 22.5 Å². The van der Waals surface area contributed by atoms with Crippen molar-refractivity contribution in [1.29, 1.82) is 0 Å². The number of nitrogens with one attached hydrogen (secondary N) is 1. The predicted molar refractivity (Wildman–Crippen MR) is 97.1 cm³/mol. The Hall–Kier alpha value is -2.88. The van der Waals surface area contributed by atoms with E-state index in [4.69, 9.17) is 0 Å². The summed E-state index contributed by atoms with van der Waals surface area (Å²) in [6, 6.07) is 20.0. The minimum Gasteiger partial charge on any atom is -0.345 e. The van der Waals surface area contributed by atoms with E-state index in [-0.39, 0.29) is 11.9 Å². The smallest absolute Gasteiger partial charge is 0.251 e. The summed E-state index contributed by atoms with van der Waals surface area (Å²) in [6.45, 7) is 0.712. The van der Waals surface area contributed by atoms with Crippen LogP contribution in [0.25, 0.3) is 0 Å². The van der Waals surface area contributed by atoms with E-state index < -0.39 is 0 Å². The van der Waals surface area contributed by atoms with Crippen molar-refractivity contribution in [1.82, 2.24) is 15.1 Å². The van der Waals surface area contributed by atoms with Gasteiger partial charge in [-0.1, -0.05) is 42.5 Å². The van der Waals surface area contributed by atoms with E-state index in [1.807, 2.05) is 59.4 Å². The van der Waals surface area contributed by atoms with Gasteiger partial charge in [0, 0.05) is 18.0 Å². The Bertz CT molecular complexity index is 821. The summed E-state index contributed by atoms with van der Waals surface area (Å²) in [7, 11) is 0. The second-order valence-electron chi connectivity index (χ2n) is 6.60. The van der Waals surface area contributed by atoms with Crippen molar-refractivity contribution in [2.45, 2.75) is 25.4 Å². The number of hydrogen-bond donors (Lipinski definition) is 1. The van der Waals surface area contributed by atoms with Gasteiger partial charge in [-0.25, -0.2) is 0 Å². The molecule has 4 nitrogen and oxygen atoms in total. The van der Waals surface area contributed by atoms with Gasteiger partial charge in [-0.15, -0.1) is 0 Å². The molecule has 4 heteroatoms. The van der Waals surface area contributed by atoms with Gasteiger partial charge in [0.05, 0.1) is 12.6 Å². The third kappa shape index (κ3) is 3.79. The van der Waals surface area contributed by atoms with E-state index >= 15 is 0 Å². The first-order chi connectivity index (χ1) is 12.3. The first-order valence-electron chi connectivity index (χ1n) is 8.72. The molecule has 126 valence electrons. The lowest BCUT2D eigenvalue weighted by Gasteiger charge is -2.19. The zero-order chi connectivity index (χ0) is 17.1. The molecule has 0 unspecified atom stereocenters. The lowest BCUT2D eigenvalue weighted by molar-refractivity contribution is 0.0931. The average Bonchev–Trinajstić information content (AvgIpc) is 3.37. The fraction of sp³-hybridized carbons (Fsp3) is 0.238. The van der Waals surface area contributed by atoms with Crippen LogP contribution in [0.15, 0.2) is 73.1 Å². The molecule has 3 aromatic rings. The molecule has 1 aromatic heterocycles. The zero-order valence-electron chi connectivity index (χ0n) is 14.0. The van der Waals surface area contributed by atoms with Gasteiger partial charge in [0.2, 0.25) is 0 Å². The Kier molecular flexibility index (Phi) is 4.34. The summed E-state index contributed by atoms with van der Waals surface area (Å²) in [5, 5.41) is 7.43. The molecule has 1 N–H and O–H groups in total. The highest BCUT2D eigenvalue weighted by Crippen LogP contribution is 2.41. The molecular weight excluding hydrogens is 310 g/mol. The minimum atomic E-state index is -0.00797. The van der Waals surface area contributed by atoms with Crippen molar-refractivity contribution >= 4 is 5.91 Å². The SMILES string of the molecule is O=C(N[C@@H](c1ccccc1)C1CC1)c1ccc(Cn2cccn2)cc1. The topological polar surface area (TPSA) is 46.9 Å². The number of carbonyl (C=O) groups excluding carboxylic acids is 1. The summed E-state index contributed by atoms with van der Waals surface area (Å²) in [5.41, 5.74) is 3.02. The van der Waals surface area contributed by atoms with Crippen molar-refractivity contribution in [3.8, 4) is 0 Å². The van der Waals surface area contributed by atoms with Crippen LogP contribution < -0.4 is 5.32 Å². The highest BCUT2D eigenvalue weighted by Gasteiger charge is 2.33. The Balaban J connectivity index is 1.45. The summed E-state index contributed by atoms with van der Waals surface area (Å²) < 4.78 is 1.87. The van der Waals surface area contributed by atoms with Crippen LogP contribution in [0.3, 0.4) is 0 Å². The number of nitrogens with zero attached hydrogens (tertiary/aromatic N) is 2. The molecule has 1 aliphatic rings. The molecule has 25 heavy (non-hydrogen) atoms. The van der Waals surface area contributed by atoms with E-state index in [0.717, 1.165) is 5.56 Å². The molecule has 4 rings (SSSR count). The van der Waals surface area contributed by atoms with Crippen LogP contribution in [0.4, 0.5) is 0 Å². The first kappa shape index (κ1) is 15.6. The molecular formula is C21H21N3O. The van der Waals surface area contributed by atoms with Crippen LogP contribution in [0.1, 0.15) is 40.4 Å². The quantitative estimate of drug-likeness (QED) is 0.746. The van der Waals surface area contributed by atoms with Gasteiger partial charge in [0.15, 0.2) is 0 Å². The maximum Gasteiger partial charge on any atom is 0.251 e. The molecule has 0 bridgehead atoms. The first-order valence-corrected chi connectivity index (χ1v) is 8.72. The second kappa shape index (κ2) is 6.93. The van der Waals surface area contributed by atoms with Crippen LogP contribution >= 0.6 is 0 Å². The van der Waals surface area contributed by atoms with Gasteiger partial charge < -0.3 is 5.32 Å². The zero-order valence-corrected chi connectivity index (χ0v) is 14.0. The minimum absolute atomic E-state index is 0.00797. The summed E-state index contributed by atoms with van der Waals surface area (Å²) in [4.78, 5) is 12.7. The van der Waals surface area contributed by atoms with Crippen LogP contribution in [0.2, 0.25) is 0 Å². The summed E-state index contributed by atoms with van der Waals surface area (Å²) in [6.07, 6.45) is 6.06. The van der Waals surface area contributed by atoms with Gasteiger partial charge in [-0.05, 0) is 48.1 Å². The molecule has 1 saturated carbocycles. The van der Waals surface area contributed by atoms with Gasteiger partial charge in [0.25, 0.3) is 5.91 Å². The highest BCUT2D eigenvalue weighted by atomic mass is 16.1. The highest BCUT2D eigenvalue weighted by molar-refractivity contribution is 5.94. The lowest BCUT2D eigenvalue weighted by atomic mass is 10.0. The number of benzene rings is 2. The third-order valence-corrected chi connectivity index (χ3v) is 4.66. The van der Waals surface area contributed by atoms with Crippen molar-refractivity contribution in [2.24, 2.45) is 5.92 Å². The van der Waals surface area contributed by atoms with E-state index in [0.29, 0.717) is 18.0 Å². The predicted octanol–water partition coefficient (Wildman–Crippen LogP) is 3.81. The number of aromatic nitrogens is 2. The standard InChI is InChI=1S/C21H21N3O/c25-21(23-20(18-11-12-18)17-5-2-1-3-6-17)19-9-7-16(8-10-19)15-24-14-4-13-22-24/h1-10,13-14,18,20H,11-12,15H2,(H,23,25)/t20-/m0/s1. The number of rotatable bonds is 6. The fourth-order valence-electron chi connectivity index (χ4n) is 3.13. The van der Waals surface area contributed by atoms with Crippen LogP contribution in [-0.4, -0.2) is 15.7 Å². The molecule has 0 radical (unpaired) electrons. The van der Waals surface area contributed by atoms with Gasteiger partial charge in [0.1, 0.15) is 0 Å². The Labute approximate surface area is 147 Å². The van der Waals surface area contributed by atoms with E-state index in [9.17, 15) is 4.79 Å². The Morgan fingerprint density at radius 1 is 1.08 bits per heavy atom. The largest absolute Gasteiger partial charge is 0.345 e. The third-order valence-electron chi connectivity index (χ3n) is 4.66. The maximum absolute atomic E-state index is 12.7. The normalized spacial score (nSPS) is 14.9. The van der Waals surface area contributed by atoms with E-state index in [1.54, 1.807) is 6.20 Å². The molecule has 1 atom stereocenters. The Morgan fingerprint density at radius 2 is 1.84 bits per heavy atom. The number of carbonyl (C=O) groups is 1. The molecule has 1 heterocycles. The van der Waals surface area contributed by atoms with E-state index in [1.165, 1.54) is 18.4 Å². The molecule has 0 saturated heterocycles. The molecule has 2 aromatic carbocycles. The number of amides is 1. The molecule has 0 spiro atoms. The van der Waals surface area contributed by atoms with Gasteiger partial charge in [-0.2, -0.15) is 5.10 Å². The van der Waals surface area contributed by atoms with Crippen LogP contribution in [0, 0.1) is 5.92 Å². The molecule has 0 aliphatic heterocycles. The maximum atomic E-state index is 12.7. The van der Waals surface area contributed by atoms with Crippen LogP contribution in [-0.2, 0) is 6.54 Å². The van der Waals surface area contributed by atoms with Crippen molar-refractivity contribution < 1.29 is 4.79 Å². The molecule has 1 amide bonds. The average molecular weight is 331 g/mol. The van der Waals surface area contributed by atoms with Gasteiger partial charge in [-0.3, -0.25) is 9.48 Å². The lowest BCUT2D eigenvalue weighted by Crippen LogP contribution is -2.29. The fourth-order valence-corrected chi connectivity index (χ4v) is 3.13. The molecule has 1 aliphatic carbocycles.